The molecule has 0 saturated carbocycles. The highest BCUT2D eigenvalue weighted by Gasteiger charge is 2.10. The lowest BCUT2D eigenvalue weighted by molar-refractivity contribution is 0.251. The predicted octanol–water partition coefficient (Wildman–Crippen LogP) is 3.86. The van der Waals surface area contributed by atoms with E-state index >= 15 is 0 Å². The highest BCUT2D eigenvalue weighted by molar-refractivity contribution is 6.31. The highest BCUT2D eigenvalue weighted by atomic mass is 35.5. The van der Waals surface area contributed by atoms with E-state index in [9.17, 15) is 4.39 Å². The van der Waals surface area contributed by atoms with Crippen molar-refractivity contribution < 1.29 is 14.2 Å². The van der Waals surface area contributed by atoms with Crippen molar-refractivity contribution in [2.24, 2.45) is 0 Å². The van der Waals surface area contributed by atoms with Crippen LogP contribution >= 0.6 is 11.6 Å². The number of hydrogen-bond donors (Lipinski definition) is 1. The average molecular weight is 281 g/mol. The number of para-hydroxylation sites is 1. The normalized spacial score (nSPS) is 10.5. The largest absolute Gasteiger partial charge is 0.485 e. The Morgan fingerprint density at radius 2 is 2.00 bits per heavy atom. The molecule has 0 fully saturated rings. The quantitative estimate of drug-likeness (QED) is 0.921. The Morgan fingerprint density at radius 1 is 1.21 bits per heavy atom. The van der Waals surface area contributed by atoms with E-state index in [-0.39, 0.29) is 19.0 Å². The molecular formula is C15H14ClFO2. The van der Waals surface area contributed by atoms with Crippen molar-refractivity contribution in [1.29, 1.82) is 0 Å². The van der Waals surface area contributed by atoms with Crippen molar-refractivity contribution in [1.82, 2.24) is 0 Å². The zero-order valence-corrected chi connectivity index (χ0v) is 11.2. The van der Waals surface area contributed by atoms with E-state index in [2.05, 4.69) is 0 Å². The maximum Gasteiger partial charge on any atom is 0.165 e. The van der Waals surface area contributed by atoms with Crippen molar-refractivity contribution in [3.8, 4) is 5.75 Å². The fourth-order valence-corrected chi connectivity index (χ4v) is 2.05. The van der Waals surface area contributed by atoms with Gasteiger partial charge in [-0.2, -0.15) is 0 Å². The first-order valence-electron chi connectivity index (χ1n) is 5.88. The third kappa shape index (κ3) is 3.25. The summed E-state index contributed by atoms with van der Waals surface area (Å²) in [6, 6.07) is 10.0. The van der Waals surface area contributed by atoms with Crippen molar-refractivity contribution >= 4 is 11.6 Å². The molecule has 0 aliphatic carbocycles. The van der Waals surface area contributed by atoms with Crippen LogP contribution in [0.5, 0.6) is 5.75 Å². The Bertz CT molecular complexity index is 584. The average Bonchev–Trinajstić information content (AvgIpc) is 2.39. The fraction of sp³-hybridized carbons (Fsp3) is 0.200. The van der Waals surface area contributed by atoms with Crippen molar-refractivity contribution in [2.45, 2.75) is 20.1 Å². The lowest BCUT2D eigenvalue weighted by Crippen LogP contribution is -2.01. The maximum atomic E-state index is 13.6. The Balaban J connectivity index is 2.19. The Kier molecular flexibility index (Phi) is 4.40. The molecule has 0 heterocycles. The van der Waals surface area contributed by atoms with Gasteiger partial charge in [0.25, 0.3) is 0 Å². The molecule has 100 valence electrons. The first-order valence-corrected chi connectivity index (χ1v) is 6.25. The summed E-state index contributed by atoms with van der Waals surface area (Å²) in [4.78, 5) is 0. The molecule has 2 aromatic carbocycles. The molecule has 0 aliphatic heterocycles. The van der Waals surface area contributed by atoms with Crippen LogP contribution in [0.1, 0.15) is 16.7 Å². The number of aliphatic hydroxyl groups is 1. The Hall–Kier alpha value is -1.58. The van der Waals surface area contributed by atoms with Crippen LogP contribution in [-0.4, -0.2) is 5.11 Å². The first-order chi connectivity index (χ1) is 9.11. The number of aryl methyl sites for hydroxylation is 1. The molecule has 1 N–H and O–H groups in total. The predicted molar refractivity (Wildman–Crippen MR) is 72.8 cm³/mol. The third-order valence-corrected chi connectivity index (χ3v) is 3.15. The fourth-order valence-electron chi connectivity index (χ4n) is 1.76. The van der Waals surface area contributed by atoms with Gasteiger partial charge in [-0.15, -0.1) is 0 Å². The second kappa shape index (κ2) is 6.04. The van der Waals surface area contributed by atoms with Crippen LogP contribution < -0.4 is 4.74 Å². The molecule has 0 aromatic heterocycles. The van der Waals surface area contributed by atoms with E-state index in [1.54, 1.807) is 6.07 Å². The smallest absolute Gasteiger partial charge is 0.165 e. The van der Waals surface area contributed by atoms with E-state index in [0.717, 1.165) is 11.1 Å². The molecule has 0 unspecified atom stereocenters. The van der Waals surface area contributed by atoms with Gasteiger partial charge >= 0.3 is 0 Å². The van der Waals surface area contributed by atoms with E-state index in [1.165, 1.54) is 12.1 Å². The van der Waals surface area contributed by atoms with E-state index in [1.807, 2.05) is 25.1 Å². The first kappa shape index (κ1) is 13.8. The van der Waals surface area contributed by atoms with Crippen LogP contribution in [0, 0.1) is 12.7 Å². The molecule has 19 heavy (non-hydrogen) atoms. The summed E-state index contributed by atoms with van der Waals surface area (Å²) in [6.07, 6.45) is 0. The summed E-state index contributed by atoms with van der Waals surface area (Å²) >= 11 is 6.09. The van der Waals surface area contributed by atoms with Gasteiger partial charge in [-0.3, -0.25) is 0 Å². The van der Waals surface area contributed by atoms with Gasteiger partial charge in [0.2, 0.25) is 0 Å². The van der Waals surface area contributed by atoms with Gasteiger partial charge in [-0.1, -0.05) is 35.9 Å². The van der Waals surface area contributed by atoms with Crippen LogP contribution in [0.3, 0.4) is 0 Å². The molecule has 0 radical (unpaired) electrons. The van der Waals surface area contributed by atoms with Gasteiger partial charge in [0.05, 0.1) is 6.61 Å². The summed E-state index contributed by atoms with van der Waals surface area (Å²) in [5, 5.41) is 9.74. The molecule has 2 nitrogen and oxygen atoms in total. The van der Waals surface area contributed by atoms with Gasteiger partial charge in [0, 0.05) is 16.1 Å². The molecular weight excluding hydrogens is 267 g/mol. The SMILES string of the molecule is Cc1ccc(COc2c(F)cccc2CO)c(Cl)c1. The van der Waals surface area contributed by atoms with Crippen LogP contribution in [0.4, 0.5) is 4.39 Å². The number of hydrogen-bond acceptors (Lipinski definition) is 2. The van der Waals surface area contributed by atoms with Crippen LogP contribution in [0.25, 0.3) is 0 Å². The van der Waals surface area contributed by atoms with Crippen molar-refractivity contribution in [3.05, 3.63) is 63.9 Å². The van der Waals surface area contributed by atoms with Gasteiger partial charge in [-0.05, 0) is 24.6 Å². The molecule has 2 aromatic rings. The van der Waals surface area contributed by atoms with Gasteiger partial charge in [-0.25, -0.2) is 4.39 Å². The number of rotatable bonds is 4. The second-order valence-corrected chi connectivity index (χ2v) is 4.68. The topological polar surface area (TPSA) is 29.5 Å². The van der Waals surface area contributed by atoms with Crippen molar-refractivity contribution in [3.63, 3.8) is 0 Å². The minimum Gasteiger partial charge on any atom is -0.485 e. The molecule has 4 heteroatoms. The molecule has 0 bridgehead atoms. The highest BCUT2D eigenvalue weighted by Crippen LogP contribution is 2.25. The molecule has 0 amide bonds. The molecule has 2 rings (SSSR count). The number of ether oxygens (including phenoxy) is 1. The van der Waals surface area contributed by atoms with Crippen molar-refractivity contribution in [2.75, 3.05) is 0 Å². The monoisotopic (exact) mass is 280 g/mol. The summed E-state index contributed by atoms with van der Waals surface area (Å²) < 4.78 is 19.1. The lowest BCUT2D eigenvalue weighted by Gasteiger charge is -2.12. The van der Waals surface area contributed by atoms with Gasteiger partial charge < -0.3 is 9.84 Å². The maximum absolute atomic E-state index is 13.6. The minimum atomic E-state index is -0.491. The van der Waals surface area contributed by atoms with Crippen LogP contribution in [-0.2, 0) is 13.2 Å². The summed E-state index contributed by atoms with van der Waals surface area (Å²) in [5.74, 6) is -0.420. The minimum absolute atomic E-state index is 0.0710. The zero-order chi connectivity index (χ0) is 13.8. The Labute approximate surface area is 116 Å². The third-order valence-electron chi connectivity index (χ3n) is 2.80. The number of benzene rings is 2. The van der Waals surface area contributed by atoms with E-state index in [0.29, 0.717) is 10.6 Å². The van der Waals surface area contributed by atoms with Gasteiger partial charge in [0.15, 0.2) is 11.6 Å². The molecule has 0 spiro atoms. The Morgan fingerprint density at radius 3 is 2.68 bits per heavy atom. The second-order valence-electron chi connectivity index (χ2n) is 4.27. The van der Waals surface area contributed by atoms with E-state index < -0.39 is 5.82 Å². The van der Waals surface area contributed by atoms with Crippen LogP contribution in [0.2, 0.25) is 5.02 Å². The lowest BCUT2D eigenvalue weighted by atomic mass is 10.1. The van der Waals surface area contributed by atoms with Crippen LogP contribution in [0.15, 0.2) is 36.4 Å². The number of aliphatic hydroxyl groups excluding tert-OH is 1. The summed E-state index contributed by atoms with van der Waals surface area (Å²) in [5.41, 5.74) is 2.25. The van der Waals surface area contributed by atoms with E-state index in [4.69, 9.17) is 21.4 Å². The molecule has 0 saturated heterocycles. The molecule has 0 aliphatic rings. The standard InChI is InChI=1S/C15H14ClFO2/c1-10-5-6-12(13(16)7-10)9-19-15-11(8-18)3-2-4-14(15)17/h2-7,18H,8-9H2,1H3. The zero-order valence-electron chi connectivity index (χ0n) is 10.5. The summed E-state index contributed by atoms with van der Waals surface area (Å²) in [7, 11) is 0. The van der Waals surface area contributed by atoms with Gasteiger partial charge in [0.1, 0.15) is 6.61 Å². The number of halogens is 2. The molecule has 0 atom stereocenters. The summed E-state index contributed by atoms with van der Waals surface area (Å²) in [6.45, 7) is 1.83.